The van der Waals surface area contributed by atoms with Gasteiger partial charge in [0.15, 0.2) is 11.5 Å². The third kappa shape index (κ3) is 5.05. The maximum atomic E-state index is 10.5. The summed E-state index contributed by atoms with van der Waals surface area (Å²) < 4.78 is 16.4. The van der Waals surface area contributed by atoms with Gasteiger partial charge in [-0.05, 0) is 41.0 Å². The minimum Gasteiger partial charge on any atom is -0.454 e. The summed E-state index contributed by atoms with van der Waals surface area (Å²) in [6.45, 7) is 1.91. The third-order valence-corrected chi connectivity index (χ3v) is 6.37. The second-order valence-electron chi connectivity index (χ2n) is 8.38. The van der Waals surface area contributed by atoms with Crippen molar-refractivity contribution in [3.05, 3.63) is 94.6 Å². The number of ether oxygens (including phenoxy) is 3. The molecular formula is C27H27ClN2O4. The molecule has 5 rings (SSSR count). The van der Waals surface area contributed by atoms with Crippen LogP contribution in [-0.4, -0.2) is 42.7 Å². The molecule has 0 amide bonds. The first kappa shape index (κ1) is 22.7. The van der Waals surface area contributed by atoms with E-state index in [0.29, 0.717) is 19.7 Å². The van der Waals surface area contributed by atoms with Crippen molar-refractivity contribution in [3.8, 4) is 11.5 Å². The van der Waals surface area contributed by atoms with Crippen molar-refractivity contribution in [2.45, 2.75) is 18.6 Å². The lowest BCUT2D eigenvalue weighted by Gasteiger charge is -2.21. The molecule has 34 heavy (non-hydrogen) atoms. The zero-order valence-corrected chi connectivity index (χ0v) is 19.4. The average molecular weight is 479 g/mol. The number of rotatable bonds is 10. The summed E-state index contributed by atoms with van der Waals surface area (Å²) in [5.41, 5.74) is 4.29. The fourth-order valence-electron chi connectivity index (χ4n) is 4.32. The van der Waals surface area contributed by atoms with Gasteiger partial charge in [-0.1, -0.05) is 54.1 Å². The molecule has 1 aliphatic rings. The molecule has 0 aliphatic carbocycles. The maximum absolute atomic E-state index is 10.5. The van der Waals surface area contributed by atoms with E-state index in [1.807, 2.05) is 54.7 Å². The van der Waals surface area contributed by atoms with Gasteiger partial charge in [0.1, 0.15) is 0 Å². The predicted octanol–water partition coefficient (Wildman–Crippen LogP) is 4.85. The van der Waals surface area contributed by atoms with Crippen molar-refractivity contribution < 1.29 is 19.3 Å². The van der Waals surface area contributed by atoms with Gasteiger partial charge < -0.3 is 29.6 Å². The molecule has 3 N–H and O–H groups in total. The molecule has 7 heteroatoms. The first-order valence-corrected chi connectivity index (χ1v) is 11.7. The minimum atomic E-state index is -0.635. The highest BCUT2D eigenvalue weighted by Gasteiger charge is 2.20. The molecule has 6 nitrogen and oxygen atoms in total. The molecule has 1 aromatic heterocycles. The first-order valence-electron chi connectivity index (χ1n) is 11.3. The van der Waals surface area contributed by atoms with Crippen LogP contribution in [0.3, 0.4) is 0 Å². The van der Waals surface area contributed by atoms with Crippen LogP contribution in [0.1, 0.15) is 22.6 Å². The van der Waals surface area contributed by atoms with Gasteiger partial charge in [-0.15, -0.1) is 0 Å². The summed E-state index contributed by atoms with van der Waals surface area (Å²) in [7, 11) is 0. The van der Waals surface area contributed by atoms with Gasteiger partial charge >= 0.3 is 0 Å². The molecule has 0 bridgehead atoms. The molecule has 0 radical (unpaired) electrons. The number of aromatic nitrogens is 1. The Morgan fingerprint density at radius 1 is 0.971 bits per heavy atom. The topological polar surface area (TPSA) is 75.7 Å². The summed E-state index contributed by atoms with van der Waals surface area (Å²) in [6, 6.07) is 21.9. The summed E-state index contributed by atoms with van der Waals surface area (Å²) in [4.78, 5) is 3.36. The largest absolute Gasteiger partial charge is 0.454 e. The number of aliphatic hydroxyl groups is 1. The Kier molecular flexibility index (Phi) is 7.02. The lowest BCUT2D eigenvalue weighted by Crippen LogP contribution is -2.33. The monoisotopic (exact) mass is 478 g/mol. The van der Waals surface area contributed by atoms with Gasteiger partial charge in [0.2, 0.25) is 6.79 Å². The summed E-state index contributed by atoms with van der Waals surface area (Å²) in [6.07, 6.45) is 1.41. The van der Waals surface area contributed by atoms with Crippen molar-refractivity contribution in [1.82, 2.24) is 10.3 Å². The lowest BCUT2D eigenvalue weighted by atomic mass is 9.90. The van der Waals surface area contributed by atoms with Crippen LogP contribution >= 0.6 is 11.6 Å². The van der Waals surface area contributed by atoms with E-state index in [1.165, 1.54) is 10.9 Å². The molecule has 0 unspecified atom stereocenters. The van der Waals surface area contributed by atoms with E-state index in [2.05, 4.69) is 28.5 Å². The number of aliphatic hydroxyl groups excluding tert-OH is 1. The molecule has 2 atom stereocenters. The quantitative estimate of drug-likeness (QED) is 0.304. The van der Waals surface area contributed by atoms with Gasteiger partial charge in [0, 0.05) is 41.1 Å². The Morgan fingerprint density at radius 2 is 1.79 bits per heavy atom. The second kappa shape index (κ2) is 10.5. The van der Waals surface area contributed by atoms with Crippen LogP contribution in [0.4, 0.5) is 0 Å². The van der Waals surface area contributed by atoms with Crippen molar-refractivity contribution in [2.24, 2.45) is 0 Å². The molecule has 0 saturated heterocycles. The number of H-pyrrole nitrogens is 1. The van der Waals surface area contributed by atoms with Crippen LogP contribution in [0.25, 0.3) is 10.9 Å². The Balaban J connectivity index is 1.19. The molecule has 0 fully saturated rings. The SMILES string of the molecule is O[C@@H](CNC[C@@H](c1ccccc1Cl)c1c[nH]c2ccccc12)COCc1ccc2c(c1)OCO2. The highest BCUT2D eigenvalue weighted by atomic mass is 35.5. The fourth-order valence-corrected chi connectivity index (χ4v) is 4.59. The molecule has 2 heterocycles. The summed E-state index contributed by atoms with van der Waals surface area (Å²) in [5.74, 6) is 1.51. The van der Waals surface area contributed by atoms with Crippen molar-refractivity contribution in [1.29, 1.82) is 0 Å². The highest BCUT2D eigenvalue weighted by Crippen LogP contribution is 2.34. The predicted molar refractivity (Wildman–Crippen MR) is 133 cm³/mol. The van der Waals surface area contributed by atoms with Crippen molar-refractivity contribution >= 4 is 22.5 Å². The van der Waals surface area contributed by atoms with Crippen LogP contribution in [0.5, 0.6) is 11.5 Å². The molecule has 3 aromatic carbocycles. The normalized spacial score (nSPS) is 14.4. The second-order valence-corrected chi connectivity index (χ2v) is 8.79. The zero-order valence-electron chi connectivity index (χ0n) is 18.7. The van der Waals surface area contributed by atoms with Crippen LogP contribution in [0.15, 0.2) is 72.9 Å². The molecule has 176 valence electrons. The molecular weight excluding hydrogens is 452 g/mol. The van der Waals surface area contributed by atoms with E-state index in [1.54, 1.807) is 0 Å². The minimum absolute atomic E-state index is 0.0339. The van der Waals surface area contributed by atoms with Crippen molar-refractivity contribution in [2.75, 3.05) is 26.5 Å². The fraction of sp³-hybridized carbons (Fsp3) is 0.259. The van der Waals surface area contributed by atoms with Gasteiger partial charge in [-0.25, -0.2) is 0 Å². The summed E-state index contributed by atoms with van der Waals surface area (Å²) >= 11 is 6.57. The number of hydrogen-bond donors (Lipinski definition) is 3. The molecule has 0 saturated carbocycles. The highest BCUT2D eigenvalue weighted by molar-refractivity contribution is 6.31. The van der Waals surface area contributed by atoms with E-state index in [-0.39, 0.29) is 19.3 Å². The zero-order chi connectivity index (χ0) is 23.3. The Labute approximate surface area is 203 Å². The van der Waals surface area contributed by atoms with E-state index in [9.17, 15) is 5.11 Å². The Hall–Kier alpha value is -3.03. The lowest BCUT2D eigenvalue weighted by molar-refractivity contribution is 0.0288. The van der Waals surface area contributed by atoms with E-state index < -0.39 is 6.10 Å². The third-order valence-electron chi connectivity index (χ3n) is 6.02. The summed E-state index contributed by atoms with van der Waals surface area (Å²) in [5, 5.41) is 15.8. The van der Waals surface area contributed by atoms with Crippen LogP contribution in [0, 0.1) is 0 Å². The molecule has 0 spiro atoms. The first-order chi connectivity index (χ1) is 16.7. The van der Waals surface area contributed by atoms with Crippen LogP contribution in [0.2, 0.25) is 5.02 Å². The number of aromatic amines is 1. The van der Waals surface area contributed by atoms with Crippen LogP contribution in [-0.2, 0) is 11.3 Å². The molecule has 4 aromatic rings. The van der Waals surface area contributed by atoms with Gasteiger partial charge in [-0.2, -0.15) is 0 Å². The standard InChI is InChI=1S/C27H27ClN2O4/c28-24-7-3-1-5-20(24)22(23-14-30-25-8-4-2-6-21(23)25)13-29-12-19(31)16-32-15-18-9-10-26-27(11-18)34-17-33-26/h1-11,14,19,22,29-31H,12-13,15-17H2/t19-,22-/m0/s1. The number of hydrogen-bond acceptors (Lipinski definition) is 5. The number of para-hydroxylation sites is 1. The number of halogens is 1. The van der Waals surface area contributed by atoms with Crippen molar-refractivity contribution in [3.63, 3.8) is 0 Å². The van der Waals surface area contributed by atoms with E-state index in [4.69, 9.17) is 25.8 Å². The van der Waals surface area contributed by atoms with E-state index >= 15 is 0 Å². The number of fused-ring (bicyclic) bond motifs is 2. The van der Waals surface area contributed by atoms with Gasteiger partial charge in [-0.3, -0.25) is 0 Å². The van der Waals surface area contributed by atoms with Gasteiger partial charge in [0.25, 0.3) is 0 Å². The van der Waals surface area contributed by atoms with E-state index in [0.717, 1.165) is 33.2 Å². The Bertz CT molecular complexity index is 1260. The number of benzene rings is 3. The number of nitrogens with one attached hydrogen (secondary N) is 2. The maximum Gasteiger partial charge on any atom is 0.231 e. The molecule has 1 aliphatic heterocycles. The average Bonchev–Trinajstić information content (AvgIpc) is 3.49. The van der Waals surface area contributed by atoms with Crippen LogP contribution < -0.4 is 14.8 Å². The smallest absolute Gasteiger partial charge is 0.231 e. The van der Waals surface area contributed by atoms with Gasteiger partial charge in [0.05, 0.1) is 19.3 Å². The Morgan fingerprint density at radius 3 is 2.71 bits per heavy atom.